The zero-order chi connectivity index (χ0) is 16.0. The van der Waals surface area contributed by atoms with Gasteiger partial charge in [0.1, 0.15) is 17.8 Å². The molecular weight excluding hydrogens is 296 g/mol. The molecule has 116 valence electrons. The van der Waals surface area contributed by atoms with Crippen LogP contribution in [-0.2, 0) is 0 Å². The number of anilines is 1. The molecule has 0 aliphatic carbocycles. The molecule has 0 unspecified atom stereocenters. The summed E-state index contributed by atoms with van der Waals surface area (Å²) in [5.74, 6) is 2.35. The highest BCUT2D eigenvalue weighted by Crippen LogP contribution is 2.36. The van der Waals surface area contributed by atoms with Crippen LogP contribution in [0.3, 0.4) is 0 Å². The number of hydrogen-bond donors (Lipinski definition) is 2. The van der Waals surface area contributed by atoms with Crippen molar-refractivity contribution in [1.29, 1.82) is 0 Å². The maximum atomic E-state index is 5.71. The molecule has 0 spiro atoms. The summed E-state index contributed by atoms with van der Waals surface area (Å²) in [6, 6.07) is 5.48. The number of fused-ring (bicyclic) bond motifs is 3. The summed E-state index contributed by atoms with van der Waals surface area (Å²) < 4.78 is 12.4. The van der Waals surface area contributed by atoms with Crippen LogP contribution in [0.5, 0.6) is 11.5 Å². The second kappa shape index (κ2) is 4.87. The first-order valence-corrected chi connectivity index (χ1v) is 6.91. The normalized spacial score (nSPS) is 11.2. The van der Waals surface area contributed by atoms with Crippen LogP contribution < -0.4 is 15.2 Å². The number of nitrogens with two attached hydrogens (primary N) is 1. The second-order valence-corrected chi connectivity index (χ2v) is 4.98. The molecule has 3 aromatic heterocycles. The Kier molecular flexibility index (Phi) is 2.83. The molecule has 0 bridgehead atoms. The van der Waals surface area contributed by atoms with Gasteiger partial charge in [0, 0.05) is 23.7 Å². The molecule has 0 fully saturated rings. The first-order chi connectivity index (χ1) is 11.2. The zero-order valence-electron chi connectivity index (χ0n) is 12.6. The molecule has 8 nitrogen and oxygen atoms in total. The van der Waals surface area contributed by atoms with Gasteiger partial charge in [-0.05, 0) is 6.07 Å². The topological polar surface area (TPSA) is 104 Å². The van der Waals surface area contributed by atoms with Crippen molar-refractivity contribution < 1.29 is 9.47 Å². The van der Waals surface area contributed by atoms with Crippen molar-refractivity contribution in [3.8, 4) is 17.3 Å². The van der Waals surface area contributed by atoms with E-state index in [4.69, 9.17) is 15.2 Å². The van der Waals surface area contributed by atoms with Crippen LogP contribution in [0, 0.1) is 0 Å². The molecule has 0 amide bonds. The smallest absolute Gasteiger partial charge is 0.166 e. The molecule has 3 N–H and O–H groups in total. The van der Waals surface area contributed by atoms with Crippen molar-refractivity contribution in [2.24, 2.45) is 0 Å². The average molecular weight is 310 g/mol. The van der Waals surface area contributed by atoms with Gasteiger partial charge in [-0.25, -0.2) is 14.6 Å². The van der Waals surface area contributed by atoms with Gasteiger partial charge < -0.3 is 20.2 Å². The van der Waals surface area contributed by atoms with E-state index < -0.39 is 0 Å². The Hall–Kier alpha value is -3.29. The number of nitrogens with zero attached hydrogens (tertiary/aromatic N) is 4. The van der Waals surface area contributed by atoms with Gasteiger partial charge >= 0.3 is 0 Å². The predicted molar refractivity (Wildman–Crippen MR) is 86.0 cm³/mol. The number of benzene rings is 1. The van der Waals surface area contributed by atoms with Crippen LogP contribution in [-0.4, -0.2) is 39.0 Å². The summed E-state index contributed by atoms with van der Waals surface area (Å²) in [6.07, 6.45) is 3.25. The summed E-state index contributed by atoms with van der Waals surface area (Å²) in [4.78, 5) is 11.9. The quantitative estimate of drug-likeness (QED) is 0.599. The average Bonchev–Trinajstić information content (AvgIpc) is 3.16. The number of rotatable bonds is 3. The van der Waals surface area contributed by atoms with Gasteiger partial charge in [0.05, 0.1) is 25.1 Å². The van der Waals surface area contributed by atoms with Crippen molar-refractivity contribution in [3.05, 3.63) is 30.7 Å². The van der Waals surface area contributed by atoms with Crippen LogP contribution in [0.2, 0.25) is 0 Å². The fraction of sp³-hybridized carbons (Fsp3) is 0.133. The predicted octanol–water partition coefficient (Wildman–Crippen LogP) is 1.90. The lowest BCUT2D eigenvalue weighted by Crippen LogP contribution is -2.00. The molecule has 0 radical (unpaired) electrons. The zero-order valence-corrected chi connectivity index (χ0v) is 12.6. The first kappa shape index (κ1) is 13.4. The minimum atomic E-state index is 0.427. The Bertz CT molecular complexity index is 1020. The summed E-state index contributed by atoms with van der Waals surface area (Å²) in [5.41, 5.74) is 7.29. The molecule has 23 heavy (non-hydrogen) atoms. The van der Waals surface area contributed by atoms with Crippen molar-refractivity contribution in [3.63, 3.8) is 0 Å². The van der Waals surface area contributed by atoms with Crippen molar-refractivity contribution in [2.75, 3.05) is 20.0 Å². The fourth-order valence-electron chi connectivity index (χ4n) is 2.67. The molecule has 0 saturated carbocycles. The molecule has 0 aliphatic rings. The number of aromatic amines is 1. The van der Waals surface area contributed by atoms with Gasteiger partial charge in [-0.3, -0.25) is 0 Å². The van der Waals surface area contributed by atoms with E-state index in [2.05, 4.69) is 20.1 Å². The maximum absolute atomic E-state index is 5.71. The standard InChI is InChI=1S/C15H14N6O2/c1-22-10-5-8-9(6-11(10)23-2)19-14-13(8)15(18-7-17-14)21-4-3-12(16)20-21/h3-7H,1-2H3,(H2,16,20)(H,17,18,19). The Morgan fingerprint density at radius 3 is 2.61 bits per heavy atom. The molecule has 0 atom stereocenters. The van der Waals surface area contributed by atoms with Gasteiger partial charge in [0.15, 0.2) is 17.3 Å². The van der Waals surface area contributed by atoms with E-state index >= 15 is 0 Å². The van der Waals surface area contributed by atoms with E-state index in [1.807, 2.05) is 12.1 Å². The van der Waals surface area contributed by atoms with E-state index in [9.17, 15) is 0 Å². The molecule has 0 saturated heterocycles. The Labute approximate surface area is 130 Å². The second-order valence-electron chi connectivity index (χ2n) is 4.98. The van der Waals surface area contributed by atoms with E-state index in [-0.39, 0.29) is 0 Å². The third kappa shape index (κ3) is 1.95. The van der Waals surface area contributed by atoms with Crippen molar-refractivity contribution in [1.82, 2.24) is 24.7 Å². The molecule has 4 rings (SSSR count). The van der Waals surface area contributed by atoms with Crippen LogP contribution >= 0.6 is 0 Å². The third-order valence-corrected chi connectivity index (χ3v) is 3.70. The van der Waals surface area contributed by atoms with Gasteiger partial charge in [0.25, 0.3) is 0 Å². The molecule has 4 aromatic rings. The fourth-order valence-corrected chi connectivity index (χ4v) is 2.67. The Morgan fingerprint density at radius 2 is 1.91 bits per heavy atom. The van der Waals surface area contributed by atoms with Crippen molar-refractivity contribution in [2.45, 2.75) is 0 Å². The largest absolute Gasteiger partial charge is 0.493 e. The highest BCUT2D eigenvalue weighted by molar-refractivity contribution is 6.10. The Morgan fingerprint density at radius 1 is 1.13 bits per heavy atom. The van der Waals surface area contributed by atoms with E-state index in [0.717, 1.165) is 16.3 Å². The molecule has 3 heterocycles. The van der Waals surface area contributed by atoms with Gasteiger partial charge in [-0.1, -0.05) is 0 Å². The number of H-pyrrole nitrogens is 1. The lowest BCUT2D eigenvalue weighted by molar-refractivity contribution is 0.356. The van der Waals surface area contributed by atoms with Crippen LogP contribution in [0.25, 0.3) is 27.8 Å². The summed E-state index contributed by atoms with van der Waals surface area (Å²) in [7, 11) is 3.20. The number of methoxy groups -OCH3 is 2. The van der Waals surface area contributed by atoms with Crippen molar-refractivity contribution >= 4 is 27.8 Å². The van der Waals surface area contributed by atoms with E-state index in [1.54, 1.807) is 31.2 Å². The SMILES string of the molecule is COc1cc2[nH]c3ncnc(-n4ccc(N)n4)c3c2cc1OC. The van der Waals surface area contributed by atoms with Gasteiger partial charge in [-0.15, -0.1) is 5.10 Å². The van der Waals surface area contributed by atoms with Gasteiger partial charge in [-0.2, -0.15) is 0 Å². The lowest BCUT2D eigenvalue weighted by atomic mass is 10.2. The third-order valence-electron chi connectivity index (χ3n) is 3.70. The number of aromatic nitrogens is 5. The van der Waals surface area contributed by atoms with E-state index in [1.165, 1.54) is 6.33 Å². The van der Waals surface area contributed by atoms with Crippen LogP contribution in [0.1, 0.15) is 0 Å². The molecule has 8 heteroatoms. The highest BCUT2D eigenvalue weighted by Gasteiger charge is 2.16. The highest BCUT2D eigenvalue weighted by atomic mass is 16.5. The maximum Gasteiger partial charge on any atom is 0.166 e. The monoisotopic (exact) mass is 310 g/mol. The minimum Gasteiger partial charge on any atom is -0.493 e. The molecular formula is C15H14N6O2. The van der Waals surface area contributed by atoms with Crippen LogP contribution in [0.15, 0.2) is 30.7 Å². The minimum absolute atomic E-state index is 0.427. The van der Waals surface area contributed by atoms with E-state index in [0.29, 0.717) is 28.8 Å². The number of nitrogens with one attached hydrogen (secondary N) is 1. The summed E-state index contributed by atoms with van der Waals surface area (Å²) in [6.45, 7) is 0. The van der Waals surface area contributed by atoms with Crippen LogP contribution in [0.4, 0.5) is 5.82 Å². The molecule has 1 aromatic carbocycles. The molecule has 0 aliphatic heterocycles. The Balaban J connectivity index is 2.09. The summed E-state index contributed by atoms with van der Waals surface area (Å²) >= 11 is 0. The number of ether oxygens (including phenoxy) is 2. The summed E-state index contributed by atoms with van der Waals surface area (Å²) in [5, 5.41) is 5.99. The number of hydrogen-bond acceptors (Lipinski definition) is 6. The van der Waals surface area contributed by atoms with Gasteiger partial charge in [0.2, 0.25) is 0 Å². The number of nitrogen functional groups attached to an aromatic ring is 1. The lowest BCUT2D eigenvalue weighted by Gasteiger charge is -2.07. The first-order valence-electron chi connectivity index (χ1n) is 6.91.